The Hall–Kier alpha value is -1.50. The lowest BCUT2D eigenvalue weighted by Gasteiger charge is -2.35. The molecular formula is C11H17N5OS. The van der Waals surface area contributed by atoms with Gasteiger partial charge < -0.3 is 15.8 Å². The van der Waals surface area contributed by atoms with E-state index in [1.54, 1.807) is 12.3 Å². The molecule has 0 aliphatic carbocycles. The largest absolute Gasteiger partial charge is 0.409 e. The average molecular weight is 267 g/mol. The van der Waals surface area contributed by atoms with Gasteiger partial charge >= 0.3 is 0 Å². The molecule has 0 saturated carbocycles. The third-order valence-electron chi connectivity index (χ3n) is 2.80. The van der Waals surface area contributed by atoms with E-state index in [4.69, 9.17) is 10.9 Å². The Bertz CT molecular complexity index is 443. The molecule has 1 aliphatic heterocycles. The van der Waals surface area contributed by atoms with Crippen LogP contribution in [0.15, 0.2) is 17.4 Å². The van der Waals surface area contributed by atoms with Crippen LogP contribution in [-0.4, -0.2) is 44.8 Å². The topological polar surface area (TPSA) is 87.6 Å². The Kier molecular flexibility index (Phi) is 3.90. The minimum Gasteiger partial charge on any atom is -0.409 e. The van der Waals surface area contributed by atoms with Crippen molar-refractivity contribution in [2.75, 3.05) is 18.0 Å². The molecule has 98 valence electrons. The van der Waals surface area contributed by atoms with E-state index < -0.39 is 0 Å². The molecule has 2 unspecified atom stereocenters. The fourth-order valence-electron chi connectivity index (χ4n) is 2.16. The van der Waals surface area contributed by atoms with Crippen molar-refractivity contribution in [3.63, 3.8) is 0 Å². The zero-order valence-electron chi connectivity index (χ0n) is 10.4. The summed E-state index contributed by atoms with van der Waals surface area (Å²) in [5.41, 5.74) is 6.30. The molecule has 0 radical (unpaired) electrons. The zero-order chi connectivity index (χ0) is 13.1. The molecule has 7 heteroatoms. The first-order valence-corrected chi connectivity index (χ1v) is 6.76. The number of nitrogens with two attached hydrogens (primary N) is 1. The van der Waals surface area contributed by atoms with Crippen molar-refractivity contribution in [2.24, 2.45) is 10.9 Å². The predicted octanol–water partition coefficient (Wildman–Crippen LogP) is 0.901. The molecule has 1 fully saturated rings. The second-order valence-electron chi connectivity index (χ2n) is 4.42. The average Bonchev–Trinajstić information content (AvgIpc) is 2.36. The molecule has 0 spiro atoms. The van der Waals surface area contributed by atoms with E-state index in [1.165, 1.54) is 0 Å². The van der Waals surface area contributed by atoms with Crippen LogP contribution in [0.5, 0.6) is 0 Å². The molecular weight excluding hydrogens is 250 g/mol. The Morgan fingerprint density at radius 1 is 1.50 bits per heavy atom. The summed E-state index contributed by atoms with van der Waals surface area (Å²) in [6, 6.07) is 1.72. The molecule has 2 rings (SSSR count). The fraction of sp³-hybridized carbons (Fsp3) is 0.545. The van der Waals surface area contributed by atoms with Crippen LogP contribution in [0, 0.1) is 0 Å². The maximum absolute atomic E-state index is 8.81. The number of oxime groups is 1. The summed E-state index contributed by atoms with van der Waals surface area (Å²) in [6.07, 6.45) is 1.54. The van der Waals surface area contributed by atoms with Crippen LogP contribution in [0.3, 0.4) is 0 Å². The minimum absolute atomic E-state index is 0.0680. The maximum atomic E-state index is 8.81. The van der Waals surface area contributed by atoms with E-state index in [9.17, 15) is 0 Å². The van der Waals surface area contributed by atoms with Crippen LogP contribution in [0.25, 0.3) is 0 Å². The number of hydrogen-bond donors (Lipinski definition) is 2. The molecule has 2 heterocycles. The van der Waals surface area contributed by atoms with E-state index in [2.05, 4.69) is 34.1 Å². The number of anilines is 1. The van der Waals surface area contributed by atoms with Crippen LogP contribution >= 0.6 is 11.8 Å². The van der Waals surface area contributed by atoms with Gasteiger partial charge in [-0.05, 0) is 6.07 Å². The Balaban J connectivity index is 2.32. The summed E-state index contributed by atoms with van der Waals surface area (Å²) in [7, 11) is 0. The molecule has 0 amide bonds. The summed E-state index contributed by atoms with van der Waals surface area (Å²) in [5, 5.41) is 20.9. The molecule has 1 saturated heterocycles. The molecule has 6 nitrogen and oxygen atoms in total. The minimum atomic E-state index is 0.0680. The lowest BCUT2D eigenvalue weighted by atomic mass is 10.2. The van der Waals surface area contributed by atoms with Gasteiger partial charge in [0.1, 0.15) is 0 Å². The third kappa shape index (κ3) is 2.66. The molecule has 0 bridgehead atoms. The van der Waals surface area contributed by atoms with Crippen molar-refractivity contribution in [1.82, 2.24) is 10.2 Å². The standard InChI is InChI=1S/C11H17N5OS/c1-7-5-16(6-8(2)18-7)11-9(10(12)15-17)3-4-13-14-11/h3-4,7-8,17H,5-6H2,1-2H3,(H2,12,15). The van der Waals surface area contributed by atoms with Crippen LogP contribution < -0.4 is 10.6 Å². The van der Waals surface area contributed by atoms with Crippen LogP contribution in [0.4, 0.5) is 5.82 Å². The summed E-state index contributed by atoms with van der Waals surface area (Å²) in [4.78, 5) is 2.15. The van der Waals surface area contributed by atoms with Gasteiger partial charge in [0.2, 0.25) is 0 Å². The maximum Gasteiger partial charge on any atom is 0.173 e. The SMILES string of the molecule is CC1CN(c2nnccc2/C(N)=N/O)CC(C)S1. The van der Waals surface area contributed by atoms with E-state index in [0.717, 1.165) is 13.1 Å². The van der Waals surface area contributed by atoms with Gasteiger partial charge in [-0.2, -0.15) is 16.9 Å². The molecule has 2 atom stereocenters. The van der Waals surface area contributed by atoms with Gasteiger partial charge in [0, 0.05) is 23.6 Å². The monoisotopic (exact) mass is 267 g/mol. The molecule has 0 aromatic carbocycles. The summed E-state index contributed by atoms with van der Waals surface area (Å²) >= 11 is 1.96. The third-order valence-corrected chi connectivity index (χ3v) is 4.03. The van der Waals surface area contributed by atoms with Gasteiger partial charge in [0.15, 0.2) is 11.7 Å². The van der Waals surface area contributed by atoms with Crippen molar-refractivity contribution >= 4 is 23.4 Å². The smallest absolute Gasteiger partial charge is 0.173 e. The number of amidine groups is 1. The Morgan fingerprint density at radius 2 is 2.17 bits per heavy atom. The second-order valence-corrected chi connectivity index (χ2v) is 6.30. The number of hydrogen-bond acceptors (Lipinski definition) is 6. The van der Waals surface area contributed by atoms with Crippen molar-refractivity contribution in [1.29, 1.82) is 0 Å². The van der Waals surface area contributed by atoms with Gasteiger partial charge in [-0.15, -0.1) is 5.10 Å². The van der Waals surface area contributed by atoms with Crippen LogP contribution in [0.1, 0.15) is 19.4 Å². The van der Waals surface area contributed by atoms with Crippen molar-refractivity contribution in [2.45, 2.75) is 24.3 Å². The first-order valence-electron chi connectivity index (χ1n) is 5.81. The van der Waals surface area contributed by atoms with E-state index in [1.807, 2.05) is 11.8 Å². The first-order chi connectivity index (χ1) is 8.61. The lowest BCUT2D eigenvalue weighted by molar-refractivity contribution is 0.318. The Labute approximate surface area is 110 Å². The van der Waals surface area contributed by atoms with Gasteiger partial charge in [-0.25, -0.2) is 0 Å². The number of aromatic nitrogens is 2. The normalized spacial score (nSPS) is 25.2. The highest BCUT2D eigenvalue weighted by Crippen LogP contribution is 2.28. The van der Waals surface area contributed by atoms with Crippen molar-refractivity contribution in [3.8, 4) is 0 Å². The van der Waals surface area contributed by atoms with E-state index in [0.29, 0.717) is 21.9 Å². The highest BCUT2D eigenvalue weighted by atomic mass is 32.2. The molecule has 3 N–H and O–H groups in total. The van der Waals surface area contributed by atoms with Gasteiger partial charge in [0.05, 0.1) is 11.8 Å². The number of rotatable bonds is 2. The summed E-state index contributed by atoms with van der Waals surface area (Å²) < 4.78 is 0. The van der Waals surface area contributed by atoms with Gasteiger partial charge in [0.25, 0.3) is 0 Å². The van der Waals surface area contributed by atoms with Crippen LogP contribution in [0.2, 0.25) is 0 Å². The molecule has 1 aromatic rings. The second kappa shape index (κ2) is 5.43. The molecule has 18 heavy (non-hydrogen) atoms. The molecule has 1 aromatic heterocycles. The van der Waals surface area contributed by atoms with Crippen molar-refractivity contribution in [3.05, 3.63) is 17.8 Å². The van der Waals surface area contributed by atoms with E-state index in [-0.39, 0.29) is 5.84 Å². The van der Waals surface area contributed by atoms with Crippen molar-refractivity contribution < 1.29 is 5.21 Å². The lowest BCUT2D eigenvalue weighted by Crippen LogP contribution is -2.42. The predicted molar refractivity (Wildman–Crippen MR) is 73.3 cm³/mol. The Morgan fingerprint density at radius 3 is 2.78 bits per heavy atom. The molecule has 1 aliphatic rings. The quantitative estimate of drug-likeness (QED) is 0.358. The number of thioether (sulfide) groups is 1. The van der Waals surface area contributed by atoms with Crippen LogP contribution in [-0.2, 0) is 0 Å². The fourth-order valence-corrected chi connectivity index (χ4v) is 3.49. The summed E-state index contributed by atoms with van der Waals surface area (Å²) in [6.45, 7) is 6.15. The zero-order valence-corrected chi connectivity index (χ0v) is 11.3. The van der Waals surface area contributed by atoms with Gasteiger partial charge in [-0.1, -0.05) is 19.0 Å². The highest BCUT2D eigenvalue weighted by molar-refractivity contribution is 8.00. The first kappa shape index (κ1) is 12.9. The van der Waals surface area contributed by atoms with E-state index >= 15 is 0 Å². The number of nitrogens with zero attached hydrogens (tertiary/aromatic N) is 4. The highest BCUT2D eigenvalue weighted by Gasteiger charge is 2.25. The summed E-state index contributed by atoms with van der Waals surface area (Å²) in [5.74, 6) is 0.755. The van der Waals surface area contributed by atoms with Gasteiger partial charge in [-0.3, -0.25) is 0 Å².